The van der Waals surface area contributed by atoms with Gasteiger partial charge in [-0.3, -0.25) is 0 Å². The second-order valence-electron chi connectivity index (χ2n) is 7.09. The molecule has 0 heterocycles. The van der Waals surface area contributed by atoms with Crippen LogP contribution in [0.1, 0.15) is 58.8 Å². The summed E-state index contributed by atoms with van der Waals surface area (Å²) in [5, 5.41) is 10.9. The molecule has 0 aromatic carbocycles. The smallest absolute Gasteiger partial charge is 0.150 e. The van der Waals surface area contributed by atoms with Gasteiger partial charge in [-0.15, -0.1) is 0 Å². The fourth-order valence-electron chi connectivity index (χ4n) is 4.20. The third-order valence-corrected chi connectivity index (χ3v) is 7.20. The van der Waals surface area contributed by atoms with Crippen molar-refractivity contribution in [2.24, 2.45) is 17.8 Å². The van der Waals surface area contributed by atoms with E-state index >= 15 is 0 Å². The Balaban J connectivity index is 2.15. The van der Waals surface area contributed by atoms with Gasteiger partial charge in [0.05, 0.1) is 10.9 Å². The number of hydrogen-bond acceptors (Lipinski definition) is 3. The number of rotatable bonds is 2. The van der Waals surface area contributed by atoms with Crippen molar-refractivity contribution in [2.75, 3.05) is 6.26 Å². The molecular weight excluding hydrogens is 260 g/mol. The zero-order chi connectivity index (χ0) is 14.3. The predicted octanol–water partition coefficient (Wildman–Crippen LogP) is 2.78. The van der Waals surface area contributed by atoms with Gasteiger partial charge in [0, 0.05) is 6.26 Å². The molecule has 0 saturated heterocycles. The van der Waals surface area contributed by atoms with Crippen LogP contribution in [0.15, 0.2) is 0 Å². The normalized spacial score (nSPS) is 45.1. The molecule has 5 atom stereocenters. The lowest BCUT2D eigenvalue weighted by Gasteiger charge is -2.48. The van der Waals surface area contributed by atoms with Gasteiger partial charge in [-0.2, -0.15) is 0 Å². The summed E-state index contributed by atoms with van der Waals surface area (Å²) in [6, 6.07) is 0. The minimum Gasteiger partial charge on any atom is -0.389 e. The lowest BCUT2D eigenvalue weighted by Crippen LogP contribution is -2.50. The van der Waals surface area contributed by atoms with Crippen molar-refractivity contribution >= 4 is 9.84 Å². The molecule has 0 aromatic heterocycles. The van der Waals surface area contributed by atoms with Gasteiger partial charge in [0.15, 0.2) is 0 Å². The maximum absolute atomic E-state index is 11.8. The maximum atomic E-state index is 11.8. The molecule has 19 heavy (non-hydrogen) atoms. The highest BCUT2D eigenvalue weighted by Crippen LogP contribution is 2.47. The minimum absolute atomic E-state index is 0.165. The highest BCUT2D eigenvalue weighted by Gasteiger charge is 2.47. The monoisotopic (exact) mass is 288 g/mol. The van der Waals surface area contributed by atoms with Gasteiger partial charge in [-0.25, -0.2) is 8.42 Å². The van der Waals surface area contributed by atoms with E-state index in [9.17, 15) is 13.5 Å². The third-order valence-electron chi connectivity index (χ3n) is 5.56. The van der Waals surface area contributed by atoms with E-state index in [1.54, 1.807) is 0 Å². The quantitative estimate of drug-likeness (QED) is 0.850. The Labute approximate surface area is 117 Å². The zero-order valence-corrected chi connectivity index (χ0v) is 13.2. The Bertz CT molecular complexity index is 417. The molecule has 2 fully saturated rings. The molecule has 3 nitrogen and oxygen atoms in total. The van der Waals surface area contributed by atoms with Gasteiger partial charge < -0.3 is 5.11 Å². The number of sulfone groups is 1. The summed E-state index contributed by atoms with van der Waals surface area (Å²) in [6.07, 6.45) is 7.79. The highest BCUT2D eigenvalue weighted by molar-refractivity contribution is 7.91. The first-order valence-corrected chi connectivity index (χ1v) is 9.60. The number of aliphatic hydroxyl groups is 1. The first-order chi connectivity index (χ1) is 8.73. The van der Waals surface area contributed by atoms with E-state index in [1.807, 2.05) is 0 Å². The fraction of sp³-hybridized carbons (Fsp3) is 1.00. The topological polar surface area (TPSA) is 54.4 Å². The van der Waals surface area contributed by atoms with E-state index in [2.05, 4.69) is 13.8 Å². The highest BCUT2D eigenvalue weighted by atomic mass is 32.2. The van der Waals surface area contributed by atoms with Crippen LogP contribution < -0.4 is 0 Å². The Morgan fingerprint density at radius 2 is 1.79 bits per heavy atom. The van der Waals surface area contributed by atoms with Gasteiger partial charge in [0.1, 0.15) is 9.84 Å². The van der Waals surface area contributed by atoms with Crippen LogP contribution in [0, 0.1) is 17.8 Å². The second-order valence-corrected chi connectivity index (χ2v) is 9.42. The summed E-state index contributed by atoms with van der Waals surface area (Å²) >= 11 is 0. The zero-order valence-electron chi connectivity index (χ0n) is 12.4. The van der Waals surface area contributed by atoms with E-state index < -0.39 is 15.4 Å². The van der Waals surface area contributed by atoms with E-state index in [4.69, 9.17) is 0 Å². The van der Waals surface area contributed by atoms with Crippen molar-refractivity contribution in [3.05, 3.63) is 0 Å². The van der Waals surface area contributed by atoms with E-state index in [-0.39, 0.29) is 11.2 Å². The van der Waals surface area contributed by atoms with Crippen LogP contribution in [0.25, 0.3) is 0 Å². The Morgan fingerprint density at radius 1 is 1.11 bits per heavy atom. The molecule has 0 aromatic rings. The molecule has 2 saturated carbocycles. The molecule has 112 valence electrons. The van der Waals surface area contributed by atoms with Crippen molar-refractivity contribution in [2.45, 2.75) is 69.6 Å². The van der Waals surface area contributed by atoms with Gasteiger partial charge in [0.25, 0.3) is 0 Å². The molecule has 0 radical (unpaired) electrons. The van der Waals surface area contributed by atoms with Crippen LogP contribution in [-0.4, -0.2) is 30.6 Å². The van der Waals surface area contributed by atoms with Crippen LogP contribution in [-0.2, 0) is 9.84 Å². The third kappa shape index (κ3) is 3.15. The van der Waals surface area contributed by atoms with Gasteiger partial charge in [-0.05, 0) is 49.9 Å². The van der Waals surface area contributed by atoms with Crippen LogP contribution in [0.2, 0.25) is 0 Å². The van der Waals surface area contributed by atoms with Crippen molar-refractivity contribution < 1.29 is 13.5 Å². The molecular formula is C15H28O3S. The second kappa shape index (κ2) is 5.36. The van der Waals surface area contributed by atoms with Crippen molar-refractivity contribution in [1.82, 2.24) is 0 Å². The maximum Gasteiger partial charge on any atom is 0.150 e. The molecule has 1 N–H and O–H groups in total. The van der Waals surface area contributed by atoms with Gasteiger partial charge in [-0.1, -0.05) is 26.7 Å². The Hall–Kier alpha value is -0.0900. The first kappa shape index (κ1) is 15.3. The molecule has 2 aliphatic rings. The molecule has 0 bridgehead atoms. The van der Waals surface area contributed by atoms with E-state index in [1.165, 1.54) is 12.7 Å². The fourth-order valence-corrected chi connectivity index (χ4v) is 5.38. The van der Waals surface area contributed by atoms with E-state index in [0.717, 1.165) is 32.1 Å². The predicted molar refractivity (Wildman–Crippen MR) is 77.7 cm³/mol. The molecule has 0 amide bonds. The van der Waals surface area contributed by atoms with Crippen LogP contribution in [0.5, 0.6) is 0 Å². The van der Waals surface area contributed by atoms with Crippen LogP contribution >= 0.6 is 0 Å². The average molecular weight is 288 g/mol. The molecule has 5 unspecified atom stereocenters. The van der Waals surface area contributed by atoms with Crippen LogP contribution in [0.4, 0.5) is 0 Å². The first-order valence-electron chi connectivity index (χ1n) is 7.64. The summed E-state index contributed by atoms with van der Waals surface area (Å²) in [7, 11) is -2.97. The van der Waals surface area contributed by atoms with Crippen LogP contribution in [0.3, 0.4) is 0 Å². The van der Waals surface area contributed by atoms with Crippen molar-refractivity contribution in [3.63, 3.8) is 0 Å². The van der Waals surface area contributed by atoms with Crippen molar-refractivity contribution in [3.8, 4) is 0 Å². The summed E-state index contributed by atoms with van der Waals surface area (Å²) in [6.45, 7) is 4.34. The minimum atomic E-state index is -2.97. The van der Waals surface area contributed by atoms with Gasteiger partial charge >= 0.3 is 0 Å². The Kier molecular flexibility index (Phi) is 4.32. The summed E-state index contributed by atoms with van der Waals surface area (Å²) in [4.78, 5) is 0. The molecule has 0 aliphatic heterocycles. The average Bonchev–Trinajstić information content (AvgIpc) is 2.33. The number of hydrogen-bond donors (Lipinski definition) is 1. The SMILES string of the molecule is CC1CCC(C)C(O)(C2CCCC(S(C)(=O)=O)C2)C1. The summed E-state index contributed by atoms with van der Waals surface area (Å²) < 4.78 is 23.6. The van der Waals surface area contributed by atoms with E-state index in [0.29, 0.717) is 18.3 Å². The lowest BCUT2D eigenvalue weighted by atomic mass is 9.63. The summed E-state index contributed by atoms with van der Waals surface area (Å²) in [5.41, 5.74) is -0.638. The van der Waals surface area contributed by atoms with Gasteiger partial charge in [0.2, 0.25) is 0 Å². The standard InChI is InChI=1S/C15H28O3S/c1-11-7-8-12(2)15(16,10-11)13-5-4-6-14(9-13)19(3,17)18/h11-14,16H,4-10H2,1-3H3. The van der Waals surface area contributed by atoms with Crippen molar-refractivity contribution in [1.29, 1.82) is 0 Å². The molecule has 4 heteroatoms. The molecule has 2 rings (SSSR count). The lowest BCUT2D eigenvalue weighted by molar-refractivity contribution is -0.110. The summed E-state index contributed by atoms with van der Waals surface area (Å²) in [5.74, 6) is 1.02. The largest absolute Gasteiger partial charge is 0.389 e. The molecule has 0 spiro atoms. The molecule has 2 aliphatic carbocycles. The Morgan fingerprint density at radius 3 is 2.42 bits per heavy atom.